The molecule has 1 atom stereocenters. The summed E-state index contributed by atoms with van der Waals surface area (Å²) in [6, 6.07) is 7.45. The second-order valence-electron chi connectivity index (χ2n) is 8.21. The van der Waals surface area contributed by atoms with Crippen LogP contribution in [0.4, 0.5) is 0 Å². The van der Waals surface area contributed by atoms with Crippen molar-refractivity contribution in [1.29, 1.82) is 0 Å². The van der Waals surface area contributed by atoms with Crippen molar-refractivity contribution in [3.63, 3.8) is 0 Å². The average Bonchev–Trinajstić information content (AvgIpc) is 2.74. The molecule has 2 heterocycles. The monoisotopic (exact) mass is 398 g/mol. The number of carbonyl (C=O) groups is 3. The summed E-state index contributed by atoms with van der Waals surface area (Å²) in [6.07, 6.45) is 1.04. The molecule has 146 valence electrons. The first-order valence-corrected chi connectivity index (χ1v) is 9.99. The van der Waals surface area contributed by atoms with Crippen LogP contribution < -0.4 is 10.4 Å². The Labute approximate surface area is 169 Å². The van der Waals surface area contributed by atoms with Gasteiger partial charge in [-0.3, -0.25) is 0 Å². The van der Waals surface area contributed by atoms with Crippen molar-refractivity contribution in [2.45, 2.75) is 32.0 Å². The number of cyclic esters (lactones) is 3. The zero-order valence-electron chi connectivity index (χ0n) is 15.7. The summed E-state index contributed by atoms with van der Waals surface area (Å²) in [5.41, 5.74) is 4.38. The number of benzene rings is 3. The highest BCUT2D eigenvalue weighted by Gasteiger charge is 2.35. The number of hydrogen-bond donors (Lipinski definition) is 1. The molecule has 0 aromatic heterocycles. The molecule has 0 saturated heterocycles. The Hall–Kier alpha value is -3.51. The van der Waals surface area contributed by atoms with E-state index in [0.29, 0.717) is 53.2 Å². The molecular formula is C24H14O6. The molecule has 6 heteroatoms. The van der Waals surface area contributed by atoms with Gasteiger partial charge in [-0.25, -0.2) is 14.4 Å². The molecular weight excluding hydrogens is 384 g/mol. The van der Waals surface area contributed by atoms with Crippen LogP contribution in [-0.4, -0.2) is 23.0 Å². The van der Waals surface area contributed by atoms with Crippen LogP contribution in [0.5, 0.6) is 0 Å². The third kappa shape index (κ3) is 1.73. The van der Waals surface area contributed by atoms with Crippen LogP contribution in [0, 0.1) is 0 Å². The summed E-state index contributed by atoms with van der Waals surface area (Å²) < 4.78 is 10.1. The highest BCUT2D eigenvalue weighted by Crippen LogP contribution is 2.39. The van der Waals surface area contributed by atoms with Gasteiger partial charge in [0.25, 0.3) is 0 Å². The molecule has 0 saturated carbocycles. The summed E-state index contributed by atoms with van der Waals surface area (Å²) in [7, 11) is 0. The van der Waals surface area contributed by atoms with E-state index in [2.05, 4.69) is 0 Å². The van der Waals surface area contributed by atoms with Crippen molar-refractivity contribution in [3.8, 4) is 0 Å². The molecule has 3 aromatic carbocycles. The van der Waals surface area contributed by atoms with Crippen molar-refractivity contribution in [2.24, 2.45) is 0 Å². The molecule has 0 spiro atoms. The Bertz CT molecular complexity index is 1560. The Morgan fingerprint density at radius 3 is 2.10 bits per heavy atom. The van der Waals surface area contributed by atoms with E-state index in [0.717, 1.165) is 37.9 Å². The fraction of sp³-hybridized carbons (Fsp3) is 0.208. The van der Waals surface area contributed by atoms with E-state index in [-0.39, 0.29) is 0 Å². The van der Waals surface area contributed by atoms with E-state index in [1.807, 2.05) is 18.2 Å². The van der Waals surface area contributed by atoms with Crippen LogP contribution in [-0.2, 0) is 31.9 Å². The third-order valence-electron chi connectivity index (χ3n) is 6.93. The molecule has 7 rings (SSSR count). The zero-order valence-corrected chi connectivity index (χ0v) is 15.7. The van der Waals surface area contributed by atoms with Gasteiger partial charge < -0.3 is 14.6 Å². The summed E-state index contributed by atoms with van der Waals surface area (Å²) >= 11 is 0. The normalized spacial score (nSPS) is 21.2. The lowest BCUT2D eigenvalue weighted by molar-refractivity contribution is -0.163. The van der Waals surface area contributed by atoms with Gasteiger partial charge in [0.1, 0.15) is 0 Å². The number of ether oxygens (including phenoxy) is 2. The molecule has 2 aliphatic carbocycles. The number of hydrogen-bond acceptors (Lipinski definition) is 6. The van der Waals surface area contributed by atoms with Crippen LogP contribution in [0.3, 0.4) is 0 Å². The van der Waals surface area contributed by atoms with Crippen LogP contribution in [0.2, 0.25) is 0 Å². The topological polar surface area (TPSA) is 89.9 Å². The number of esters is 3. The highest BCUT2D eigenvalue weighted by molar-refractivity contribution is 6.23. The van der Waals surface area contributed by atoms with Gasteiger partial charge in [0.05, 0.1) is 5.56 Å². The predicted molar refractivity (Wildman–Crippen MR) is 106 cm³/mol. The average molecular weight is 398 g/mol. The fourth-order valence-electron chi connectivity index (χ4n) is 5.75. The number of carbonyl (C=O) groups excluding carboxylic acids is 3. The van der Waals surface area contributed by atoms with Crippen molar-refractivity contribution >= 4 is 50.6 Å². The minimum absolute atomic E-state index is 0.435. The van der Waals surface area contributed by atoms with Crippen LogP contribution in [0.25, 0.3) is 32.7 Å². The largest absolute Gasteiger partial charge is 0.428 e. The first-order chi connectivity index (χ1) is 14.5. The van der Waals surface area contributed by atoms with Crippen LogP contribution in [0.1, 0.15) is 46.2 Å². The lowest BCUT2D eigenvalue weighted by atomic mass is 9.77. The Morgan fingerprint density at radius 2 is 1.37 bits per heavy atom. The van der Waals surface area contributed by atoms with Gasteiger partial charge >= 0.3 is 17.9 Å². The van der Waals surface area contributed by atoms with E-state index in [9.17, 15) is 19.5 Å². The molecule has 0 fully saturated rings. The van der Waals surface area contributed by atoms with Crippen molar-refractivity contribution in [2.75, 3.05) is 0 Å². The van der Waals surface area contributed by atoms with Gasteiger partial charge in [0, 0.05) is 27.1 Å². The quantitative estimate of drug-likeness (QED) is 0.350. The lowest BCUT2D eigenvalue weighted by Gasteiger charge is -2.29. The highest BCUT2D eigenvalue weighted by atomic mass is 16.6. The van der Waals surface area contributed by atoms with Crippen molar-refractivity contribution in [1.82, 2.24) is 0 Å². The first-order valence-electron chi connectivity index (χ1n) is 9.99. The fourth-order valence-corrected chi connectivity index (χ4v) is 5.75. The van der Waals surface area contributed by atoms with E-state index < -0.39 is 24.2 Å². The summed E-state index contributed by atoms with van der Waals surface area (Å²) in [5.74, 6) is -1.61. The van der Waals surface area contributed by atoms with Crippen LogP contribution in [0.15, 0.2) is 24.3 Å². The van der Waals surface area contributed by atoms with Gasteiger partial charge in [-0.1, -0.05) is 18.2 Å². The third-order valence-corrected chi connectivity index (χ3v) is 6.93. The number of aryl methyl sites for hydroxylation is 2. The zero-order chi connectivity index (χ0) is 20.3. The Kier molecular flexibility index (Phi) is 2.80. The maximum Gasteiger partial charge on any atom is 0.346 e. The minimum atomic E-state index is -1.27. The number of aliphatic hydroxyl groups is 1. The van der Waals surface area contributed by atoms with E-state index in [1.54, 1.807) is 6.07 Å². The second kappa shape index (κ2) is 5.15. The number of aliphatic hydroxyl groups excluding tert-OH is 1. The molecule has 2 aliphatic heterocycles. The summed E-state index contributed by atoms with van der Waals surface area (Å²) in [6.45, 7) is 0. The van der Waals surface area contributed by atoms with Crippen molar-refractivity contribution < 1.29 is 29.0 Å². The molecule has 0 bridgehead atoms. The molecule has 4 aliphatic rings. The van der Waals surface area contributed by atoms with Gasteiger partial charge in [-0.05, 0) is 64.4 Å². The van der Waals surface area contributed by atoms with Gasteiger partial charge in [-0.2, -0.15) is 0 Å². The predicted octanol–water partition coefficient (Wildman–Crippen LogP) is 1.43. The van der Waals surface area contributed by atoms with E-state index >= 15 is 0 Å². The standard InChI is InChI=1S/C24H14O6/c25-21-13-5-1-9-10-2-6-15-20-16(24(28)30-23(15)27)8-4-12(18(10)20)11-3-7-14(22(26)29-21)19(13)17(9)11/h1,4-5,8,21,25H,2-3,6-7H2. The molecule has 30 heavy (non-hydrogen) atoms. The minimum Gasteiger partial charge on any atom is -0.428 e. The second-order valence-corrected chi connectivity index (χ2v) is 8.21. The van der Waals surface area contributed by atoms with Gasteiger partial charge in [0.2, 0.25) is 6.29 Å². The molecule has 0 radical (unpaired) electrons. The molecule has 3 aromatic rings. The first kappa shape index (κ1) is 16.3. The van der Waals surface area contributed by atoms with Crippen LogP contribution >= 0.6 is 0 Å². The summed E-state index contributed by atoms with van der Waals surface area (Å²) in [4.78, 5) is 37.2. The van der Waals surface area contributed by atoms with Gasteiger partial charge in [-0.15, -0.1) is 0 Å². The smallest absolute Gasteiger partial charge is 0.346 e. The Balaban J connectivity index is 1.79. The SMILES string of the molecule is O=C1OC(=O)c2ccc3c4c5c6c(ccc5c5c3c2=C1CC5)C(O)OC(=O)C=6CC4. The maximum atomic E-state index is 12.4. The van der Waals surface area contributed by atoms with Gasteiger partial charge in [0.15, 0.2) is 0 Å². The molecule has 0 amide bonds. The summed E-state index contributed by atoms with van der Waals surface area (Å²) in [5, 5.41) is 15.8. The molecule has 1 unspecified atom stereocenters. The molecule has 1 N–H and O–H groups in total. The number of rotatable bonds is 0. The Morgan fingerprint density at radius 1 is 0.733 bits per heavy atom. The van der Waals surface area contributed by atoms with E-state index in [1.165, 1.54) is 0 Å². The van der Waals surface area contributed by atoms with Crippen molar-refractivity contribution in [3.05, 3.63) is 57.0 Å². The molecule has 6 nitrogen and oxygen atoms in total. The maximum absolute atomic E-state index is 12.4. The van der Waals surface area contributed by atoms with E-state index in [4.69, 9.17) is 9.47 Å². The number of fused-ring (bicyclic) bond motifs is 2. The lowest BCUT2D eigenvalue weighted by Crippen LogP contribution is -2.36.